The number of morpholine rings is 1. The van der Waals surface area contributed by atoms with Crippen LogP contribution >= 0.6 is 0 Å². The lowest BCUT2D eigenvalue weighted by molar-refractivity contribution is -0.0361. The number of hydrogen-bond donors (Lipinski definition) is 1. The molecule has 0 bridgehead atoms. The van der Waals surface area contributed by atoms with Crippen LogP contribution in [0, 0.1) is 0 Å². The van der Waals surface area contributed by atoms with Gasteiger partial charge in [0.25, 0.3) is 0 Å². The van der Waals surface area contributed by atoms with Gasteiger partial charge in [-0.25, -0.2) is 0 Å². The van der Waals surface area contributed by atoms with Gasteiger partial charge in [-0.15, -0.1) is 0 Å². The molecule has 0 aromatic heterocycles. The van der Waals surface area contributed by atoms with Gasteiger partial charge < -0.3 is 15.2 Å². The molecule has 0 saturated carbocycles. The van der Waals surface area contributed by atoms with E-state index in [2.05, 4.69) is 4.90 Å². The predicted octanol–water partition coefficient (Wildman–Crippen LogP) is -0.318. The molecule has 0 aromatic rings. The Bertz CT molecular complexity index is 131. The molecular formula is C9H20N2O2. The van der Waals surface area contributed by atoms with Crippen molar-refractivity contribution in [3.63, 3.8) is 0 Å². The molecule has 0 aromatic carbocycles. The zero-order valence-electron chi connectivity index (χ0n) is 8.37. The van der Waals surface area contributed by atoms with E-state index in [1.165, 1.54) is 0 Å². The summed E-state index contributed by atoms with van der Waals surface area (Å²) < 4.78 is 10.6. The van der Waals surface area contributed by atoms with Gasteiger partial charge in [0, 0.05) is 26.7 Å². The Balaban J connectivity index is 2.16. The second-order valence-electron chi connectivity index (χ2n) is 3.36. The normalized spacial score (nSPS) is 24.9. The zero-order chi connectivity index (χ0) is 9.52. The highest BCUT2D eigenvalue weighted by Crippen LogP contribution is 2.07. The molecule has 1 rings (SSSR count). The standard InChI is InChI=1S/C9H20N2O2/c1-12-6-4-11-5-7-13-9(8-11)2-3-10/h9H,2-8,10H2,1H3. The lowest BCUT2D eigenvalue weighted by atomic mass is 10.2. The lowest BCUT2D eigenvalue weighted by Gasteiger charge is -2.32. The third-order valence-corrected chi connectivity index (χ3v) is 2.32. The molecule has 0 spiro atoms. The molecule has 1 atom stereocenters. The second-order valence-corrected chi connectivity index (χ2v) is 3.36. The summed E-state index contributed by atoms with van der Waals surface area (Å²) in [5, 5.41) is 0. The number of ether oxygens (including phenoxy) is 2. The fraction of sp³-hybridized carbons (Fsp3) is 1.00. The largest absolute Gasteiger partial charge is 0.383 e. The Morgan fingerprint density at radius 2 is 2.46 bits per heavy atom. The molecule has 1 saturated heterocycles. The van der Waals surface area contributed by atoms with E-state index in [4.69, 9.17) is 15.2 Å². The van der Waals surface area contributed by atoms with Crippen molar-refractivity contribution < 1.29 is 9.47 Å². The van der Waals surface area contributed by atoms with Crippen LogP contribution in [0.1, 0.15) is 6.42 Å². The van der Waals surface area contributed by atoms with E-state index >= 15 is 0 Å². The summed E-state index contributed by atoms with van der Waals surface area (Å²) in [5.41, 5.74) is 5.48. The van der Waals surface area contributed by atoms with E-state index < -0.39 is 0 Å². The van der Waals surface area contributed by atoms with Crippen molar-refractivity contribution in [3.05, 3.63) is 0 Å². The monoisotopic (exact) mass is 188 g/mol. The minimum Gasteiger partial charge on any atom is -0.383 e. The Kier molecular flexibility index (Phi) is 5.31. The number of rotatable bonds is 5. The molecule has 2 N–H and O–H groups in total. The van der Waals surface area contributed by atoms with Crippen LogP contribution in [0.5, 0.6) is 0 Å². The first-order valence-corrected chi connectivity index (χ1v) is 4.89. The molecule has 13 heavy (non-hydrogen) atoms. The molecule has 4 nitrogen and oxygen atoms in total. The van der Waals surface area contributed by atoms with Crippen LogP contribution in [0.25, 0.3) is 0 Å². The van der Waals surface area contributed by atoms with Gasteiger partial charge in [0.1, 0.15) is 0 Å². The maximum absolute atomic E-state index is 5.57. The summed E-state index contributed by atoms with van der Waals surface area (Å²) in [6.07, 6.45) is 1.29. The van der Waals surface area contributed by atoms with Gasteiger partial charge >= 0.3 is 0 Å². The van der Waals surface area contributed by atoms with Crippen molar-refractivity contribution in [1.29, 1.82) is 0 Å². The fourth-order valence-electron chi connectivity index (χ4n) is 1.56. The summed E-state index contributed by atoms with van der Waals surface area (Å²) >= 11 is 0. The van der Waals surface area contributed by atoms with Crippen molar-refractivity contribution in [2.45, 2.75) is 12.5 Å². The fourth-order valence-corrected chi connectivity index (χ4v) is 1.56. The third kappa shape index (κ3) is 4.04. The molecule has 1 aliphatic heterocycles. The average Bonchev–Trinajstić information content (AvgIpc) is 2.16. The molecule has 1 unspecified atom stereocenters. The summed E-state index contributed by atoms with van der Waals surface area (Å²) in [6.45, 7) is 5.36. The smallest absolute Gasteiger partial charge is 0.0714 e. The van der Waals surface area contributed by atoms with Gasteiger partial charge in [-0.1, -0.05) is 0 Å². The minimum atomic E-state index is 0.329. The maximum Gasteiger partial charge on any atom is 0.0714 e. The molecule has 0 amide bonds. The summed E-state index contributed by atoms with van der Waals surface area (Å²) in [5.74, 6) is 0. The predicted molar refractivity (Wildman–Crippen MR) is 51.7 cm³/mol. The highest BCUT2D eigenvalue weighted by atomic mass is 16.5. The van der Waals surface area contributed by atoms with Gasteiger partial charge in [-0.2, -0.15) is 0 Å². The van der Waals surface area contributed by atoms with Crippen molar-refractivity contribution in [1.82, 2.24) is 4.90 Å². The van der Waals surface area contributed by atoms with Crippen molar-refractivity contribution >= 4 is 0 Å². The Morgan fingerprint density at radius 3 is 3.15 bits per heavy atom. The molecular weight excluding hydrogens is 168 g/mol. The Hall–Kier alpha value is -0.160. The van der Waals surface area contributed by atoms with Gasteiger partial charge in [0.05, 0.1) is 19.3 Å². The average molecular weight is 188 g/mol. The van der Waals surface area contributed by atoms with Gasteiger partial charge in [-0.05, 0) is 13.0 Å². The third-order valence-electron chi connectivity index (χ3n) is 2.32. The van der Waals surface area contributed by atoms with E-state index in [0.717, 1.165) is 39.3 Å². The lowest BCUT2D eigenvalue weighted by Crippen LogP contribution is -2.44. The highest BCUT2D eigenvalue weighted by molar-refractivity contribution is 4.71. The van der Waals surface area contributed by atoms with E-state index in [1.54, 1.807) is 7.11 Å². The van der Waals surface area contributed by atoms with Crippen LogP contribution < -0.4 is 5.73 Å². The first-order valence-electron chi connectivity index (χ1n) is 4.89. The zero-order valence-corrected chi connectivity index (χ0v) is 8.37. The maximum atomic E-state index is 5.57. The van der Waals surface area contributed by atoms with Crippen LogP contribution in [-0.4, -0.2) is 57.5 Å². The van der Waals surface area contributed by atoms with Crippen molar-refractivity contribution in [2.75, 3.05) is 46.5 Å². The van der Waals surface area contributed by atoms with E-state index in [-0.39, 0.29) is 0 Å². The van der Waals surface area contributed by atoms with Crippen LogP contribution in [0.2, 0.25) is 0 Å². The first kappa shape index (κ1) is 10.9. The van der Waals surface area contributed by atoms with Gasteiger partial charge in [-0.3, -0.25) is 4.90 Å². The van der Waals surface area contributed by atoms with Crippen LogP contribution in [0.15, 0.2) is 0 Å². The van der Waals surface area contributed by atoms with Crippen LogP contribution in [0.4, 0.5) is 0 Å². The molecule has 0 radical (unpaired) electrons. The number of hydrogen-bond acceptors (Lipinski definition) is 4. The van der Waals surface area contributed by atoms with Crippen LogP contribution in [0.3, 0.4) is 0 Å². The molecule has 78 valence electrons. The van der Waals surface area contributed by atoms with E-state index in [0.29, 0.717) is 12.6 Å². The summed E-state index contributed by atoms with van der Waals surface area (Å²) in [4.78, 5) is 2.37. The second kappa shape index (κ2) is 6.32. The summed E-state index contributed by atoms with van der Waals surface area (Å²) in [7, 11) is 1.73. The highest BCUT2D eigenvalue weighted by Gasteiger charge is 2.18. The molecule has 0 aliphatic carbocycles. The Morgan fingerprint density at radius 1 is 1.62 bits per heavy atom. The van der Waals surface area contributed by atoms with Crippen LogP contribution in [-0.2, 0) is 9.47 Å². The molecule has 1 fully saturated rings. The van der Waals surface area contributed by atoms with Gasteiger partial charge in [0.15, 0.2) is 0 Å². The van der Waals surface area contributed by atoms with Crippen molar-refractivity contribution in [2.24, 2.45) is 5.73 Å². The number of methoxy groups -OCH3 is 1. The number of nitrogens with zero attached hydrogens (tertiary/aromatic N) is 1. The molecule has 1 aliphatic rings. The van der Waals surface area contributed by atoms with E-state index in [1.807, 2.05) is 0 Å². The molecule has 1 heterocycles. The quantitative estimate of drug-likeness (QED) is 0.642. The summed E-state index contributed by atoms with van der Waals surface area (Å²) in [6, 6.07) is 0. The van der Waals surface area contributed by atoms with Crippen molar-refractivity contribution in [3.8, 4) is 0 Å². The van der Waals surface area contributed by atoms with Gasteiger partial charge in [0.2, 0.25) is 0 Å². The number of nitrogens with two attached hydrogens (primary N) is 1. The first-order chi connectivity index (χ1) is 6.36. The topological polar surface area (TPSA) is 47.7 Å². The van der Waals surface area contributed by atoms with E-state index in [9.17, 15) is 0 Å². The minimum absolute atomic E-state index is 0.329. The Labute approximate surface area is 80.0 Å². The SMILES string of the molecule is COCCN1CCOC(CCN)C1. The molecule has 4 heteroatoms.